The Morgan fingerprint density at radius 1 is 1.15 bits per heavy atom. The quantitative estimate of drug-likeness (QED) is 0.379. The zero-order valence-corrected chi connectivity index (χ0v) is 19.3. The number of carbonyl (C=O) groups is 1. The van der Waals surface area contributed by atoms with Crippen LogP contribution in [-0.2, 0) is 14.6 Å². The maximum absolute atomic E-state index is 14.0. The number of anilines is 5. The molecule has 0 unspecified atom stereocenters. The third kappa shape index (κ3) is 5.65. The van der Waals surface area contributed by atoms with Gasteiger partial charge in [0.25, 0.3) is 0 Å². The minimum absolute atomic E-state index is 0.0509. The molecule has 2 aromatic carbocycles. The second kappa shape index (κ2) is 9.97. The van der Waals surface area contributed by atoms with Crippen molar-refractivity contribution in [1.29, 1.82) is 0 Å². The summed E-state index contributed by atoms with van der Waals surface area (Å²) in [4.78, 5) is 20.0. The number of hydrogen-bond donors (Lipinski definition) is 3. The smallest absolute Gasteiger partial charge is 0.247 e. The Morgan fingerprint density at radius 2 is 1.88 bits per heavy atom. The Kier molecular flexibility index (Phi) is 7.29. The topological polar surface area (TPSA) is 113 Å². The minimum Gasteiger partial charge on any atom is -0.338 e. The first-order valence-electron chi connectivity index (χ1n) is 9.74. The lowest BCUT2D eigenvalue weighted by atomic mass is 10.2. The molecular weight excluding hydrogens is 469 g/mol. The summed E-state index contributed by atoms with van der Waals surface area (Å²) in [5, 5.41) is 7.76. The average Bonchev–Trinajstić information content (AvgIpc) is 2.78. The van der Waals surface area contributed by atoms with Crippen molar-refractivity contribution in [2.24, 2.45) is 0 Å². The zero-order valence-electron chi connectivity index (χ0n) is 17.8. The molecule has 0 fully saturated rings. The van der Waals surface area contributed by atoms with E-state index in [-0.39, 0.29) is 27.4 Å². The number of hydrogen-bond acceptors (Lipinski definition) is 7. The van der Waals surface area contributed by atoms with Crippen LogP contribution in [0.15, 0.2) is 66.2 Å². The predicted octanol–water partition coefficient (Wildman–Crippen LogP) is 5.06. The molecule has 1 aromatic heterocycles. The highest BCUT2D eigenvalue weighted by atomic mass is 35.5. The number of sulfone groups is 1. The molecule has 0 atom stereocenters. The van der Waals surface area contributed by atoms with E-state index >= 15 is 0 Å². The van der Waals surface area contributed by atoms with E-state index in [9.17, 15) is 17.6 Å². The molecule has 0 saturated carbocycles. The van der Waals surface area contributed by atoms with Gasteiger partial charge in [0.15, 0.2) is 15.7 Å². The lowest BCUT2D eigenvalue weighted by Crippen LogP contribution is -2.15. The number of amides is 1. The summed E-state index contributed by atoms with van der Waals surface area (Å²) in [6.07, 6.45) is 2.36. The minimum atomic E-state index is -3.56. The molecule has 1 amide bonds. The fraction of sp³-hybridized carbons (Fsp3) is 0.136. The summed E-state index contributed by atoms with van der Waals surface area (Å²) >= 11 is 6.23. The first kappa shape index (κ1) is 24.1. The van der Waals surface area contributed by atoms with Crippen molar-refractivity contribution in [1.82, 2.24) is 9.97 Å². The molecule has 33 heavy (non-hydrogen) atoms. The van der Waals surface area contributed by atoms with Crippen LogP contribution in [0.5, 0.6) is 0 Å². The van der Waals surface area contributed by atoms with Gasteiger partial charge in [-0.15, -0.1) is 0 Å². The van der Waals surface area contributed by atoms with E-state index in [1.54, 1.807) is 32.0 Å². The molecule has 3 aromatic rings. The Hall–Kier alpha value is -3.50. The van der Waals surface area contributed by atoms with E-state index in [0.717, 1.165) is 6.08 Å². The monoisotopic (exact) mass is 489 g/mol. The Morgan fingerprint density at radius 3 is 2.58 bits per heavy atom. The summed E-state index contributed by atoms with van der Waals surface area (Å²) in [5.74, 6) is -0.907. The third-order valence-electron chi connectivity index (χ3n) is 4.48. The van der Waals surface area contributed by atoms with Gasteiger partial charge in [0.2, 0.25) is 11.9 Å². The van der Waals surface area contributed by atoms with Gasteiger partial charge in [-0.05, 0) is 50.3 Å². The van der Waals surface area contributed by atoms with Crippen molar-refractivity contribution < 1.29 is 17.6 Å². The number of carbonyl (C=O) groups excluding carboxylic acids is 1. The number of para-hydroxylation sites is 1. The number of nitrogens with zero attached hydrogens (tertiary/aromatic N) is 2. The van der Waals surface area contributed by atoms with Crippen LogP contribution in [0.25, 0.3) is 0 Å². The Bertz CT molecular complexity index is 1320. The van der Waals surface area contributed by atoms with Gasteiger partial charge in [-0.1, -0.05) is 30.3 Å². The molecule has 1 heterocycles. The fourth-order valence-corrected chi connectivity index (χ4v) is 4.07. The molecule has 0 spiro atoms. The first-order valence-corrected chi connectivity index (χ1v) is 11.7. The molecule has 3 N–H and O–H groups in total. The Labute approximate surface area is 195 Å². The lowest BCUT2D eigenvalue weighted by molar-refractivity contribution is -0.111. The van der Waals surface area contributed by atoms with Gasteiger partial charge in [-0.3, -0.25) is 4.79 Å². The molecule has 0 saturated heterocycles. The molecule has 0 radical (unpaired) electrons. The molecule has 0 bridgehead atoms. The maximum atomic E-state index is 14.0. The molecule has 0 aliphatic carbocycles. The highest BCUT2D eigenvalue weighted by molar-refractivity contribution is 7.92. The number of nitrogens with one attached hydrogen (secondary N) is 3. The van der Waals surface area contributed by atoms with Crippen LogP contribution in [-0.4, -0.2) is 29.5 Å². The lowest BCUT2D eigenvalue weighted by Gasteiger charge is -2.15. The Balaban J connectivity index is 1.90. The summed E-state index contributed by atoms with van der Waals surface area (Å²) in [6, 6.07) is 10.4. The highest BCUT2D eigenvalue weighted by Crippen LogP contribution is 2.31. The van der Waals surface area contributed by atoms with Crippen molar-refractivity contribution in [3.63, 3.8) is 0 Å². The van der Waals surface area contributed by atoms with Crippen LogP contribution in [0.3, 0.4) is 0 Å². The van der Waals surface area contributed by atoms with Gasteiger partial charge in [-0.2, -0.15) is 4.98 Å². The number of halogens is 2. The molecule has 0 aliphatic heterocycles. The standard InChI is InChI=1S/C22H21ClFN5O3S/c1-4-20(30)27-18-11-14(9-10-16(18)24)26-22-25-12-15(23)21(29-22)28-17-7-5-6-8-19(17)33(31,32)13(2)3/h4-13H,1H2,2-3H3,(H,27,30)(H2,25,26,28,29). The maximum Gasteiger partial charge on any atom is 0.247 e. The van der Waals surface area contributed by atoms with Crippen molar-refractivity contribution in [3.8, 4) is 0 Å². The van der Waals surface area contributed by atoms with Gasteiger partial charge in [0.05, 0.1) is 27.7 Å². The van der Waals surface area contributed by atoms with E-state index in [0.29, 0.717) is 11.4 Å². The van der Waals surface area contributed by atoms with Crippen LogP contribution in [0.1, 0.15) is 13.8 Å². The van der Waals surface area contributed by atoms with Gasteiger partial charge < -0.3 is 16.0 Å². The van der Waals surface area contributed by atoms with E-state index in [1.165, 1.54) is 30.5 Å². The van der Waals surface area contributed by atoms with Crippen LogP contribution in [0, 0.1) is 5.82 Å². The van der Waals surface area contributed by atoms with Gasteiger partial charge in [-0.25, -0.2) is 17.8 Å². The van der Waals surface area contributed by atoms with E-state index in [2.05, 4.69) is 32.5 Å². The van der Waals surface area contributed by atoms with Crippen LogP contribution >= 0.6 is 11.6 Å². The van der Waals surface area contributed by atoms with Crippen LogP contribution in [0.4, 0.5) is 33.2 Å². The van der Waals surface area contributed by atoms with Crippen molar-refractivity contribution in [2.45, 2.75) is 24.0 Å². The largest absolute Gasteiger partial charge is 0.338 e. The number of benzene rings is 2. The molecule has 172 valence electrons. The van der Waals surface area contributed by atoms with Gasteiger partial charge >= 0.3 is 0 Å². The number of rotatable bonds is 8. The van der Waals surface area contributed by atoms with Crippen molar-refractivity contribution in [3.05, 3.63) is 72.2 Å². The zero-order chi connectivity index (χ0) is 24.2. The normalized spacial score (nSPS) is 11.2. The summed E-state index contributed by atoms with van der Waals surface area (Å²) in [5.41, 5.74) is 0.658. The third-order valence-corrected chi connectivity index (χ3v) is 6.96. The van der Waals surface area contributed by atoms with Gasteiger partial charge in [0.1, 0.15) is 10.8 Å². The second-order valence-corrected chi connectivity index (χ2v) is 10.00. The summed E-state index contributed by atoms with van der Waals surface area (Å²) < 4.78 is 39.4. The van der Waals surface area contributed by atoms with Crippen molar-refractivity contribution >= 4 is 56.2 Å². The summed E-state index contributed by atoms with van der Waals surface area (Å²) in [7, 11) is -3.56. The summed E-state index contributed by atoms with van der Waals surface area (Å²) in [6.45, 7) is 6.53. The van der Waals surface area contributed by atoms with E-state index < -0.39 is 26.8 Å². The second-order valence-electron chi connectivity index (χ2n) is 7.12. The SMILES string of the molecule is C=CC(=O)Nc1cc(Nc2ncc(Cl)c(Nc3ccccc3S(=O)(=O)C(C)C)n2)ccc1F. The number of aromatic nitrogens is 2. The van der Waals surface area contributed by atoms with Gasteiger partial charge in [0, 0.05) is 5.69 Å². The van der Waals surface area contributed by atoms with Crippen LogP contribution < -0.4 is 16.0 Å². The first-order chi connectivity index (χ1) is 15.6. The van der Waals surface area contributed by atoms with Crippen molar-refractivity contribution in [2.75, 3.05) is 16.0 Å². The predicted molar refractivity (Wildman–Crippen MR) is 128 cm³/mol. The molecule has 11 heteroatoms. The van der Waals surface area contributed by atoms with Crippen LogP contribution in [0.2, 0.25) is 5.02 Å². The molecule has 3 rings (SSSR count). The fourth-order valence-electron chi connectivity index (χ4n) is 2.73. The van der Waals surface area contributed by atoms with E-state index in [1.807, 2.05) is 0 Å². The highest BCUT2D eigenvalue weighted by Gasteiger charge is 2.23. The molecule has 8 nitrogen and oxygen atoms in total. The molecular formula is C22H21ClFN5O3S. The van der Waals surface area contributed by atoms with E-state index in [4.69, 9.17) is 11.6 Å². The average molecular weight is 490 g/mol. The molecule has 0 aliphatic rings.